The zero-order valence-electron chi connectivity index (χ0n) is 6.24. The van der Waals surface area contributed by atoms with E-state index in [4.69, 9.17) is 38.5 Å². The van der Waals surface area contributed by atoms with Crippen LogP contribution in [-0.4, -0.2) is 0 Å². The van der Waals surface area contributed by atoms with Crippen LogP contribution in [0.4, 0.5) is 0 Å². The van der Waals surface area contributed by atoms with E-state index < -0.39 is 15.6 Å². The summed E-state index contributed by atoms with van der Waals surface area (Å²) in [6.07, 6.45) is 0. The molecular formula is Mn3Ni3O8P2. The summed E-state index contributed by atoms with van der Waals surface area (Å²) in [5, 5.41) is 0. The van der Waals surface area contributed by atoms with Crippen molar-refractivity contribution in [3.63, 3.8) is 0 Å². The van der Waals surface area contributed by atoms with Crippen molar-refractivity contribution in [1.29, 1.82) is 0 Å². The molecule has 16 heavy (non-hydrogen) atoms. The fourth-order valence-corrected chi connectivity index (χ4v) is 0. The largest absolute Gasteiger partial charge is 2.00 e. The van der Waals surface area contributed by atoms with E-state index in [0.717, 1.165) is 0 Å². The Labute approximate surface area is 153 Å². The number of phosphoric acid groups is 2. The van der Waals surface area contributed by atoms with Crippen LogP contribution in [-0.2, 0) is 110 Å². The van der Waals surface area contributed by atoms with E-state index >= 15 is 0 Å². The van der Waals surface area contributed by atoms with Gasteiger partial charge < -0.3 is 38.5 Å². The van der Waals surface area contributed by atoms with Crippen LogP contribution in [0.3, 0.4) is 0 Å². The van der Waals surface area contributed by atoms with Crippen molar-refractivity contribution < 1.29 is 139 Å². The van der Waals surface area contributed by atoms with Crippen LogP contribution >= 0.6 is 15.6 Å². The van der Waals surface area contributed by atoms with E-state index in [2.05, 4.69) is 0 Å². The molecule has 0 amide bonds. The maximum Gasteiger partial charge on any atom is 2.00 e. The molecular weight excluding hydrogens is 531 g/mol. The van der Waals surface area contributed by atoms with Crippen molar-refractivity contribution >= 4 is 15.6 Å². The average molecular weight is 531 g/mol. The van der Waals surface area contributed by atoms with Crippen molar-refractivity contribution in [3.05, 3.63) is 0 Å². The van der Waals surface area contributed by atoms with Gasteiger partial charge in [-0.15, -0.1) is 0 Å². The Hall–Kier alpha value is 3.26. The first-order valence-corrected chi connectivity index (χ1v) is 4.38. The van der Waals surface area contributed by atoms with Gasteiger partial charge in [-0.05, 0) is 0 Å². The quantitative estimate of drug-likeness (QED) is 0.220. The van der Waals surface area contributed by atoms with Gasteiger partial charge in [0.2, 0.25) is 0 Å². The molecule has 0 spiro atoms. The second kappa shape index (κ2) is 23.4. The summed E-state index contributed by atoms with van der Waals surface area (Å²) in [5.41, 5.74) is 0. The molecule has 0 aromatic heterocycles. The molecule has 8 nitrogen and oxygen atoms in total. The number of hydrogen-bond acceptors (Lipinski definition) is 8. The SMILES string of the molecule is O=P([O-])([O-])[O-].O=P([O-])([O-])[O-].[Mn].[Mn].[Mn].[Ni+2].[Ni+2].[Ni+2]. The fourth-order valence-electron chi connectivity index (χ4n) is 0. The molecule has 0 N–H and O–H groups in total. The van der Waals surface area contributed by atoms with Gasteiger partial charge in [-0.2, -0.15) is 15.6 Å². The summed E-state index contributed by atoms with van der Waals surface area (Å²) >= 11 is 0. The van der Waals surface area contributed by atoms with Crippen LogP contribution in [0, 0.1) is 0 Å². The summed E-state index contributed by atoms with van der Waals surface area (Å²) in [7, 11) is -10.8. The zero-order valence-corrected chi connectivity index (χ0v) is 14.5. The molecule has 0 saturated heterocycles. The monoisotopic (exact) mass is 529 g/mol. The molecule has 109 valence electrons. The van der Waals surface area contributed by atoms with Gasteiger partial charge in [0.25, 0.3) is 0 Å². The molecule has 16 heteroatoms. The molecule has 0 fully saturated rings. The zero-order chi connectivity index (χ0) is 9.00. The first-order chi connectivity index (χ1) is 4.00. The third kappa shape index (κ3) is 430. The third-order valence-corrected chi connectivity index (χ3v) is 0. The van der Waals surface area contributed by atoms with E-state index in [1.54, 1.807) is 0 Å². The molecule has 0 aliphatic carbocycles. The van der Waals surface area contributed by atoms with Crippen molar-refractivity contribution in [2.75, 3.05) is 0 Å². The predicted octanol–water partition coefficient (Wildman–Crippen LogP) is -5.66. The van der Waals surface area contributed by atoms with Crippen LogP contribution in [0.1, 0.15) is 0 Å². The third-order valence-electron chi connectivity index (χ3n) is 0. The Kier molecular flexibility index (Phi) is 73.9. The summed E-state index contributed by atoms with van der Waals surface area (Å²) in [6, 6.07) is 0. The molecule has 0 atom stereocenters. The summed E-state index contributed by atoms with van der Waals surface area (Å²) in [4.78, 5) is 51.3. The van der Waals surface area contributed by atoms with E-state index in [9.17, 15) is 0 Å². The summed E-state index contributed by atoms with van der Waals surface area (Å²) in [5.74, 6) is 0. The minimum absolute atomic E-state index is 0. The van der Waals surface area contributed by atoms with Gasteiger partial charge in [0.05, 0.1) is 0 Å². The standard InChI is InChI=1S/3Mn.3Ni.2H3O4P/c;;;;;;2*1-5(2,3)4/h;;;;;;2*(H3,1,2,3,4)/q;;;3*+2;;/p-6. The van der Waals surface area contributed by atoms with E-state index in [1.807, 2.05) is 0 Å². The van der Waals surface area contributed by atoms with Gasteiger partial charge >= 0.3 is 49.5 Å². The second-order valence-electron chi connectivity index (χ2n) is 0.894. The van der Waals surface area contributed by atoms with Gasteiger partial charge in [-0.1, -0.05) is 0 Å². The molecule has 0 aromatic carbocycles. The van der Waals surface area contributed by atoms with E-state index in [-0.39, 0.29) is 101 Å². The molecule has 3 radical (unpaired) electrons. The smallest absolute Gasteiger partial charge is 0.822 e. The Balaban J connectivity index is -0.00000000970. The molecule has 0 rings (SSSR count). The molecule has 0 aliphatic rings. The van der Waals surface area contributed by atoms with Crippen LogP contribution < -0.4 is 29.4 Å². The molecule has 0 saturated carbocycles. The summed E-state index contributed by atoms with van der Waals surface area (Å²) in [6.45, 7) is 0. The Morgan fingerprint density at radius 1 is 0.500 bits per heavy atom. The summed E-state index contributed by atoms with van der Waals surface area (Å²) < 4.78 is 17.1. The predicted molar refractivity (Wildman–Crippen MR) is 15.2 cm³/mol. The van der Waals surface area contributed by atoms with Crippen LogP contribution in [0.15, 0.2) is 0 Å². The van der Waals surface area contributed by atoms with Crippen LogP contribution in [0.5, 0.6) is 0 Å². The van der Waals surface area contributed by atoms with Crippen LogP contribution in [0.25, 0.3) is 0 Å². The fraction of sp³-hybridized carbons (Fsp3) is 0. The number of rotatable bonds is 0. The second-order valence-corrected chi connectivity index (χ2v) is 2.68. The van der Waals surface area contributed by atoms with Gasteiger partial charge in [0, 0.05) is 51.2 Å². The van der Waals surface area contributed by atoms with Gasteiger partial charge in [-0.25, -0.2) is 0 Å². The van der Waals surface area contributed by atoms with E-state index in [0.29, 0.717) is 0 Å². The van der Waals surface area contributed by atoms with Crippen molar-refractivity contribution in [1.82, 2.24) is 0 Å². The minimum Gasteiger partial charge on any atom is -0.822 e. The van der Waals surface area contributed by atoms with E-state index in [1.165, 1.54) is 0 Å². The first kappa shape index (κ1) is 50.7. The van der Waals surface area contributed by atoms with Crippen molar-refractivity contribution in [2.24, 2.45) is 0 Å². The maximum atomic E-state index is 8.55. The molecule has 0 aliphatic heterocycles. The van der Waals surface area contributed by atoms with Gasteiger partial charge in [0.15, 0.2) is 0 Å². The van der Waals surface area contributed by atoms with Crippen molar-refractivity contribution in [2.45, 2.75) is 0 Å². The molecule has 0 bridgehead atoms. The maximum absolute atomic E-state index is 8.55. The molecule has 0 unspecified atom stereocenters. The van der Waals surface area contributed by atoms with Crippen molar-refractivity contribution in [3.8, 4) is 0 Å². The normalized spacial score (nSPS) is 7.38. The topological polar surface area (TPSA) is 172 Å². The molecule has 0 aromatic rings. The Morgan fingerprint density at radius 2 is 0.500 bits per heavy atom. The first-order valence-electron chi connectivity index (χ1n) is 1.46. The minimum atomic E-state index is -5.39. The van der Waals surface area contributed by atoms with Gasteiger partial charge in [-0.3, -0.25) is 0 Å². The van der Waals surface area contributed by atoms with Gasteiger partial charge in [0.1, 0.15) is 0 Å². The number of hydrogen-bond donors (Lipinski definition) is 0. The Morgan fingerprint density at radius 3 is 0.500 bits per heavy atom. The average Bonchev–Trinajstić information content (AvgIpc) is 1.12. The Bertz CT molecular complexity index is 141. The molecule has 0 heterocycles. The van der Waals surface area contributed by atoms with Crippen LogP contribution in [0.2, 0.25) is 0 Å².